The van der Waals surface area contributed by atoms with Crippen molar-refractivity contribution in [3.8, 4) is 33.0 Å². The SMILES string of the molecule is CC(C)Oc1ccc(-c2nnc(-c3cccc4c3CC[C@H]4NC(=O)N3CC[C@H](N(C)C)C3)s2)cc1C#N. The third kappa shape index (κ3) is 5.17. The number of likely N-dealkylation sites (N-methyl/N-ethyl adjacent to an activating group) is 1. The number of urea groups is 1. The van der Waals surface area contributed by atoms with Crippen LogP contribution in [0.1, 0.15) is 49.4 Å². The Balaban J connectivity index is 1.34. The number of amides is 2. The first-order valence-electron chi connectivity index (χ1n) is 12.7. The minimum Gasteiger partial charge on any atom is -0.490 e. The molecule has 9 heteroatoms. The highest BCUT2D eigenvalue weighted by Crippen LogP contribution is 2.40. The van der Waals surface area contributed by atoms with Gasteiger partial charge in [0.05, 0.1) is 17.7 Å². The molecule has 1 saturated heterocycles. The maximum absolute atomic E-state index is 13.0. The van der Waals surface area contributed by atoms with Crippen LogP contribution < -0.4 is 10.1 Å². The van der Waals surface area contributed by atoms with E-state index in [1.165, 1.54) is 16.9 Å². The highest BCUT2D eigenvalue weighted by Gasteiger charge is 2.32. The molecule has 192 valence electrons. The third-order valence-electron chi connectivity index (χ3n) is 7.11. The zero-order valence-corrected chi connectivity index (χ0v) is 22.5. The molecule has 1 aliphatic carbocycles. The van der Waals surface area contributed by atoms with Crippen LogP contribution in [-0.2, 0) is 6.42 Å². The van der Waals surface area contributed by atoms with Crippen LogP contribution in [0.2, 0.25) is 0 Å². The molecule has 2 heterocycles. The summed E-state index contributed by atoms with van der Waals surface area (Å²) in [6, 6.07) is 14.4. The summed E-state index contributed by atoms with van der Waals surface area (Å²) >= 11 is 1.51. The van der Waals surface area contributed by atoms with Gasteiger partial charge in [-0.05, 0) is 76.5 Å². The van der Waals surface area contributed by atoms with E-state index in [4.69, 9.17) is 4.74 Å². The number of aromatic nitrogens is 2. The Hall–Kier alpha value is -3.48. The fourth-order valence-electron chi connectivity index (χ4n) is 5.15. The van der Waals surface area contributed by atoms with E-state index in [0.717, 1.165) is 59.1 Å². The summed E-state index contributed by atoms with van der Waals surface area (Å²) < 4.78 is 5.75. The van der Waals surface area contributed by atoms with Crippen LogP contribution in [0.3, 0.4) is 0 Å². The summed E-state index contributed by atoms with van der Waals surface area (Å²) in [5, 5.41) is 23.4. The lowest BCUT2D eigenvalue weighted by molar-refractivity contribution is 0.199. The van der Waals surface area contributed by atoms with Crippen molar-refractivity contribution in [1.29, 1.82) is 5.26 Å². The zero-order chi connectivity index (χ0) is 26.1. The molecule has 8 nitrogen and oxygen atoms in total. The molecule has 0 radical (unpaired) electrons. The molecule has 0 unspecified atom stereocenters. The van der Waals surface area contributed by atoms with Gasteiger partial charge in [-0.25, -0.2) is 4.79 Å². The average molecular weight is 517 g/mol. The number of carbonyl (C=O) groups is 1. The van der Waals surface area contributed by atoms with Crippen molar-refractivity contribution in [2.24, 2.45) is 0 Å². The lowest BCUT2D eigenvalue weighted by Crippen LogP contribution is -2.41. The molecule has 1 aliphatic heterocycles. The van der Waals surface area contributed by atoms with Crippen molar-refractivity contribution in [1.82, 2.24) is 25.3 Å². The first kappa shape index (κ1) is 25.2. The van der Waals surface area contributed by atoms with Crippen molar-refractivity contribution in [3.05, 3.63) is 53.1 Å². The van der Waals surface area contributed by atoms with E-state index in [2.05, 4.69) is 52.7 Å². The summed E-state index contributed by atoms with van der Waals surface area (Å²) in [6.07, 6.45) is 2.75. The molecule has 2 aliphatic rings. The smallest absolute Gasteiger partial charge is 0.317 e. The monoisotopic (exact) mass is 516 g/mol. The van der Waals surface area contributed by atoms with Gasteiger partial charge in [-0.15, -0.1) is 10.2 Å². The largest absolute Gasteiger partial charge is 0.490 e. The lowest BCUT2D eigenvalue weighted by Gasteiger charge is -2.23. The normalized spacial score (nSPS) is 18.8. The molecular weight excluding hydrogens is 484 g/mol. The minimum absolute atomic E-state index is 0.0000589. The van der Waals surface area contributed by atoms with Crippen LogP contribution in [0.4, 0.5) is 4.79 Å². The molecule has 2 amide bonds. The summed E-state index contributed by atoms with van der Waals surface area (Å²) in [5.41, 5.74) is 4.77. The molecule has 0 bridgehead atoms. The van der Waals surface area contributed by atoms with Gasteiger partial charge in [0.25, 0.3) is 0 Å². The molecule has 1 N–H and O–H groups in total. The van der Waals surface area contributed by atoms with Crippen LogP contribution in [-0.4, -0.2) is 65.4 Å². The number of fused-ring (bicyclic) bond motifs is 1. The number of rotatable bonds is 6. The Labute approximate surface area is 221 Å². The van der Waals surface area contributed by atoms with Gasteiger partial charge in [0.1, 0.15) is 21.8 Å². The van der Waals surface area contributed by atoms with Crippen LogP contribution in [0.5, 0.6) is 5.75 Å². The molecule has 2 atom stereocenters. The van der Waals surface area contributed by atoms with E-state index >= 15 is 0 Å². The molecule has 0 spiro atoms. The van der Waals surface area contributed by atoms with E-state index in [9.17, 15) is 10.1 Å². The number of nitrogens with zero attached hydrogens (tertiary/aromatic N) is 5. The highest BCUT2D eigenvalue weighted by atomic mass is 32.1. The Morgan fingerprint density at radius 1 is 1.22 bits per heavy atom. The number of nitriles is 1. The second-order valence-electron chi connectivity index (χ2n) is 10.2. The maximum Gasteiger partial charge on any atom is 0.317 e. The molecule has 1 fully saturated rings. The Morgan fingerprint density at radius 3 is 2.76 bits per heavy atom. The number of hydrogen-bond donors (Lipinski definition) is 1. The molecule has 5 rings (SSSR count). The van der Waals surface area contributed by atoms with Gasteiger partial charge in [0.2, 0.25) is 0 Å². The summed E-state index contributed by atoms with van der Waals surface area (Å²) in [4.78, 5) is 17.1. The number of hydrogen-bond acceptors (Lipinski definition) is 7. The van der Waals surface area contributed by atoms with E-state index < -0.39 is 0 Å². The number of benzene rings is 2. The van der Waals surface area contributed by atoms with Crippen LogP contribution in [0.15, 0.2) is 36.4 Å². The maximum atomic E-state index is 13.0. The second-order valence-corrected chi connectivity index (χ2v) is 11.1. The molecule has 37 heavy (non-hydrogen) atoms. The third-order valence-corrected chi connectivity index (χ3v) is 8.12. The van der Waals surface area contributed by atoms with Crippen molar-refractivity contribution >= 4 is 17.4 Å². The first-order chi connectivity index (χ1) is 17.8. The van der Waals surface area contributed by atoms with Gasteiger partial charge in [0, 0.05) is 30.3 Å². The Morgan fingerprint density at radius 2 is 2.03 bits per heavy atom. The summed E-state index contributed by atoms with van der Waals surface area (Å²) in [7, 11) is 4.14. The number of carbonyl (C=O) groups excluding carboxylic acids is 1. The van der Waals surface area contributed by atoms with Gasteiger partial charge < -0.3 is 19.9 Å². The highest BCUT2D eigenvalue weighted by molar-refractivity contribution is 7.17. The van der Waals surface area contributed by atoms with E-state index in [1.807, 2.05) is 43.0 Å². The summed E-state index contributed by atoms with van der Waals surface area (Å²) in [6.45, 7) is 5.44. The van der Waals surface area contributed by atoms with Gasteiger partial charge in [-0.2, -0.15) is 5.26 Å². The van der Waals surface area contributed by atoms with Crippen molar-refractivity contribution in [2.45, 2.75) is 51.3 Å². The number of nitrogens with one attached hydrogen (secondary N) is 1. The van der Waals surface area contributed by atoms with Crippen LogP contribution >= 0.6 is 11.3 Å². The Kier molecular flexibility index (Phi) is 7.13. The standard InChI is InChI=1S/C28H32N6O2S/c1-17(2)36-25-11-8-18(14-19(25)15-29)26-31-32-27(37-26)23-7-5-6-22-21(23)9-10-24(22)30-28(35)34-13-12-20(16-34)33(3)4/h5-8,11,14,17,20,24H,9-10,12-13,16H2,1-4H3,(H,30,35)/t20-,24+/m0/s1. The predicted molar refractivity (Wildman–Crippen MR) is 145 cm³/mol. The van der Waals surface area contributed by atoms with Gasteiger partial charge in [-0.3, -0.25) is 0 Å². The topological polar surface area (TPSA) is 94.4 Å². The number of ether oxygens (including phenoxy) is 1. The van der Waals surface area contributed by atoms with E-state index in [0.29, 0.717) is 17.4 Å². The van der Waals surface area contributed by atoms with Crippen LogP contribution in [0, 0.1) is 11.3 Å². The molecule has 2 aromatic carbocycles. The first-order valence-corrected chi connectivity index (χ1v) is 13.5. The second kappa shape index (κ2) is 10.5. The van der Waals surface area contributed by atoms with Crippen molar-refractivity contribution < 1.29 is 9.53 Å². The van der Waals surface area contributed by atoms with Crippen LogP contribution in [0.25, 0.3) is 21.1 Å². The predicted octanol–water partition coefficient (Wildman–Crippen LogP) is 4.86. The van der Waals surface area contributed by atoms with Crippen molar-refractivity contribution in [3.63, 3.8) is 0 Å². The fourth-order valence-corrected chi connectivity index (χ4v) is 6.04. The lowest BCUT2D eigenvalue weighted by atomic mass is 10.0. The summed E-state index contributed by atoms with van der Waals surface area (Å²) in [5.74, 6) is 0.575. The van der Waals surface area contributed by atoms with Gasteiger partial charge in [-0.1, -0.05) is 29.5 Å². The number of likely N-dealkylation sites (tertiary alicyclic amines) is 1. The molecule has 1 aromatic heterocycles. The zero-order valence-electron chi connectivity index (χ0n) is 21.7. The fraction of sp³-hybridized carbons (Fsp3) is 0.429. The average Bonchev–Trinajstić information content (AvgIpc) is 3.64. The Bertz CT molecular complexity index is 1340. The molecular formula is C28H32N6O2S. The quantitative estimate of drug-likeness (QED) is 0.503. The minimum atomic E-state index is -0.00909. The van der Waals surface area contributed by atoms with E-state index in [-0.39, 0.29) is 18.2 Å². The molecule has 0 saturated carbocycles. The van der Waals surface area contributed by atoms with Gasteiger partial charge >= 0.3 is 6.03 Å². The van der Waals surface area contributed by atoms with Gasteiger partial charge in [0.15, 0.2) is 0 Å². The molecule has 3 aromatic rings. The van der Waals surface area contributed by atoms with E-state index in [1.54, 1.807) is 0 Å². The van der Waals surface area contributed by atoms with Crippen molar-refractivity contribution in [2.75, 3.05) is 27.2 Å².